The van der Waals surface area contributed by atoms with Crippen LogP contribution in [0.15, 0.2) is 12.1 Å². The molecule has 0 atom stereocenters. The molecule has 0 aliphatic carbocycles. The van der Waals surface area contributed by atoms with E-state index in [-0.39, 0.29) is 0 Å². The van der Waals surface area contributed by atoms with E-state index in [4.69, 9.17) is 10.5 Å². The third-order valence-corrected chi connectivity index (χ3v) is 2.96. The molecule has 5 heteroatoms. The van der Waals surface area contributed by atoms with E-state index in [1.807, 2.05) is 19.1 Å². The minimum absolute atomic E-state index is 0.740. The van der Waals surface area contributed by atoms with E-state index >= 15 is 0 Å². The van der Waals surface area contributed by atoms with Crippen LogP contribution in [0.4, 0.5) is 11.5 Å². The average molecular weight is 236 g/mol. The Morgan fingerprint density at radius 1 is 1.41 bits per heavy atom. The van der Waals surface area contributed by atoms with Crippen molar-refractivity contribution < 1.29 is 4.74 Å². The molecule has 94 valence electrons. The molecule has 1 aromatic heterocycles. The third kappa shape index (κ3) is 3.57. The molecule has 2 rings (SSSR count). The summed E-state index contributed by atoms with van der Waals surface area (Å²) in [5, 5.41) is 3.31. The molecule has 0 radical (unpaired) electrons. The molecule has 1 saturated heterocycles. The Bertz CT molecular complexity index is 364. The number of hydrogen-bond donors (Lipinski definition) is 2. The molecule has 5 nitrogen and oxygen atoms in total. The van der Waals surface area contributed by atoms with Crippen LogP contribution in [-0.4, -0.2) is 49.3 Å². The SMILES string of the molecule is Cc1nc(NCCN2CCOCC2)ccc1N. The highest BCUT2D eigenvalue weighted by molar-refractivity contribution is 5.48. The summed E-state index contributed by atoms with van der Waals surface area (Å²) in [4.78, 5) is 6.77. The third-order valence-electron chi connectivity index (χ3n) is 2.96. The fourth-order valence-electron chi connectivity index (χ4n) is 1.84. The van der Waals surface area contributed by atoms with Gasteiger partial charge in [-0.1, -0.05) is 0 Å². The van der Waals surface area contributed by atoms with Gasteiger partial charge in [-0.3, -0.25) is 4.90 Å². The molecule has 1 fully saturated rings. The maximum absolute atomic E-state index is 5.72. The number of pyridine rings is 1. The highest BCUT2D eigenvalue weighted by atomic mass is 16.5. The van der Waals surface area contributed by atoms with Crippen molar-refractivity contribution in [3.8, 4) is 0 Å². The molecule has 0 bridgehead atoms. The van der Waals surface area contributed by atoms with E-state index in [0.29, 0.717) is 0 Å². The van der Waals surface area contributed by atoms with Gasteiger partial charge in [0.2, 0.25) is 0 Å². The monoisotopic (exact) mass is 236 g/mol. The van der Waals surface area contributed by atoms with Gasteiger partial charge >= 0.3 is 0 Å². The van der Waals surface area contributed by atoms with Crippen molar-refractivity contribution in [3.05, 3.63) is 17.8 Å². The van der Waals surface area contributed by atoms with Crippen LogP contribution in [-0.2, 0) is 4.74 Å². The molecule has 2 heterocycles. The van der Waals surface area contributed by atoms with E-state index in [1.54, 1.807) is 0 Å². The summed E-state index contributed by atoms with van der Waals surface area (Å²) in [5.74, 6) is 0.893. The topological polar surface area (TPSA) is 63.4 Å². The number of nitrogen functional groups attached to an aromatic ring is 1. The number of nitrogens with zero attached hydrogens (tertiary/aromatic N) is 2. The molecule has 0 aromatic carbocycles. The number of rotatable bonds is 4. The van der Waals surface area contributed by atoms with Gasteiger partial charge in [0.05, 0.1) is 24.6 Å². The summed E-state index contributed by atoms with van der Waals surface area (Å²) in [6, 6.07) is 3.81. The predicted molar refractivity (Wildman–Crippen MR) is 69.1 cm³/mol. The van der Waals surface area contributed by atoms with Gasteiger partial charge in [0.1, 0.15) is 5.82 Å². The number of aryl methyl sites for hydroxylation is 1. The molecule has 0 unspecified atom stereocenters. The van der Waals surface area contributed by atoms with Crippen molar-refractivity contribution in [1.29, 1.82) is 0 Å². The standard InChI is InChI=1S/C12H20N4O/c1-10-11(13)2-3-12(15-10)14-4-5-16-6-8-17-9-7-16/h2-3H,4-9,13H2,1H3,(H,14,15). The van der Waals surface area contributed by atoms with E-state index in [9.17, 15) is 0 Å². The van der Waals surface area contributed by atoms with Crippen LogP contribution in [0, 0.1) is 6.92 Å². The minimum atomic E-state index is 0.740. The Kier molecular flexibility index (Phi) is 4.17. The number of aromatic nitrogens is 1. The van der Waals surface area contributed by atoms with E-state index in [2.05, 4.69) is 15.2 Å². The summed E-state index contributed by atoms with van der Waals surface area (Å²) in [7, 11) is 0. The van der Waals surface area contributed by atoms with Crippen LogP contribution in [0.1, 0.15) is 5.69 Å². The van der Waals surface area contributed by atoms with Gasteiger partial charge in [0.25, 0.3) is 0 Å². The van der Waals surface area contributed by atoms with Gasteiger partial charge in [-0.25, -0.2) is 4.98 Å². The second-order valence-corrected chi connectivity index (χ2v) is 4.25. The van der Waals surface area contributed by atoms with Crippen LogP contribution < -0.4 is 11.1 Å². The molecular formula is C12H20N4O. The summed E-state index contributed by atoms with van der Waals surface area (Å²) < 4.78 is 5.30. The van der Waals surface area contributed by atoms with Crippen molar-refractivity contribution in [3.63, 3.8) is 0 Å². The number of anilines is 2. The lowest BCUT2D eigenvalue weighted by atomic mass is 10.3. The molecule has 17 heavy (non-hydrogen) atoms. The van der Waals surface area contributed by atoms with Crippen LogP contribution in [0.3, 0.4) is 0 Å². The Morgan fingerprint density at radius 3 is 2.88 bits per heavy atom. The lowest BCUT2D eigenvalue weighted by Crippen LogP contribution is -2.39. The Morgan fingerprint density at radius 2 is 2.18 bits per heavy atom. The maximum Gasteiger partial charge on any atom is 0.126 e. The molecule has 1 aliphatic heterocycles. The molecule has 1 aliphatic rings. The molecule has 1 aromatic rings. The van der Waals surface area contributed by atoms with Crippen molar-refractivity contribution in [2.75, 3.05) is 50.4 Å². The predicted octanol–water partition coefficient (Wildman–Crippen LogP) is 0.716. The zero-order valence-electron chi connectivity index (χ0n) is 10.3. The molecule has 3 N–H and O–H groups in total. The first-order valence-corrected chi connectivity index (χ1v) is 6.03. The largest absolute Gasteiger partial charge is 0.397 e. The second kappa shape index (κ2) is 5.84. The quantitative estimate of drug-likeness (QED) is 0.806. The number of morpholine rings is 1. The van der Waals surface area contributed by atoms with Gasteiger partial charge < -0.3 is 15.8 Å². The molecule has 0 spiro atoms. The summed E-state index contributed by atoms with van der Waals surface area (Å²) >= 11 is 0. The fourth-order valence-corrected chi connectivity index (χ4v) is 1.84. The first-order chi connectivity index (χ1) is 8.25. The van der Waals surface area contributed by atoms with Gasteiger partial charge in [-0.15, -0.1) is 0 Å². The van der Waals surface area contributed by atoms with Gasteiger partial charge in [0.15, 0.2) is 0 Å². The highest BCUT2D eigenvalue weighted by Crippen LogP contribution is 2.11. The highest BCUT2D eigenvalue weighted by Gasteiger charge is 2.09. The number of hydrogen-bond acceptors (Lipinski definition) is 5. The van der Waals surface area contributed by atoms with Crippen molar-refractivity contribution in [2.45, 2.75) is 6.92 Å². The minimum Gasteiger partial charge on any atom is -0.397 e. The summed E-state index contributed by atoms with van der Waals surface area (Å²) in [5.41, 5.74) is 7.34. The van der Waals surface area contributed by atoms with E-state index < -0.39 is 0 Å². The molecule has 0 amide bonds. The van der Waals surface area contributed by atoms with Crippen LogP contribution in [0.25, 0.3) is 0 Å². The zero-order chi connectivity index (χ0) is 12.1. The van der Waals surface area contributed by atoms with Gasteiger partial charge in [-0.05, 0) is 19.1 Å². The van der Waals surface area contributed by atoms with Crippen molar-refractivity contribution >= 4 is 11.5 Å². The van der Waals surface area contributed by atoms with Crippen molar-refractivity contribution in [1.82, 2.24) is 9.88 Å². The normalized spacial score (nSPS) is 17.0. The van der Waals surface area contributed by atoms with E-state index in [1.165, 1.54) is 0 Å². The Hall–Kier alpha value is -1.33. The smallest absolute Gasteiger partial charge is 0.126 e. The first kappa shape index (κ1) is 12.1. The Balaban J connectivity index is 1.75. The first-order valence-electron chi connectivity index (χ1n) is 6.03. The van der Waals surface area contributed by atoms with Crippen LogP contribution >= 0.6 is 0 Å². The number of nitrogens with one attached hydrogen (secondary N) is 1. The number of nitrogens with two attached hydrogens (primary N) is 1. The number of ether oxygens (including phenoxy) is 1. The Labute approximate surface area is 102 Å². The average Bonchev–Trinajstić information content (AvgIpc) is 2.35. The van der Waals surface area contributed by atoms with Crippen LogP contribution in [0.2, 0.25) is 0 Å². The second-order valence-electron chi connectivity index (χ2n) is 4.25. The fraction of sp³-hybridized carbons (Fsp3) is 0.583. The lowest BCUT2D eigenvalue weighted by Gasteiger charge is -2.26. The van der Waals surface area contributed by atoms with E-state index in [0.717, 1.165) is 56.6 Å². The van der Waals surface area contributed by atoms with Gasteiger partial charge in [0, 0.05) is 26.2 Å². The lowest BCUT2D eigenvalue weighted by molar-refractivity contribution is 0.0398. The zero-order valence-corrected chi connectivity index (χ0v) is 10.3. The maximum atomic E-state index is 5.72. The molecular weight excluding hydrogens is 216 g/mol. The van der Waals surface area contributed by atoms with Crippen molar-refractivity contribution in [2.24, 2.45) is 0 Å². The molecule has 0 saturated carbocycles. The van der Waals surface area contributed by atoms with Crippen LogP contribution in [0.5, 0.6) is 0 Å². The van der Waals surface area contributed by atoms with Gasteiger partial charge in [-0.2, -0.15) is 0 Å². The summed E-state index contributed by atoms with van der Waals surface area (Å²) in [6.07, 6.45) is 0. The summed E-state index contributed by atoms with van der Waals surface area (Å²) in [6.45, 7) is 7.58.